The van der Waals surface area contributed by atoms with Gasteiger partial charge in [0.2, 0.25) is 0 Å². The number of thioether (sulfide) groups is 1. The molecule has 0 fully saturated rings. The Morgan fingerprint density at radius 2 is 2.26 bits per heavy atom. The molecule has 2 aromatic rings. The Bertz CT molecular complexity index is 603. The van der Waals surface area contributed by atoms with Gasteiger partial charge in [0.25, 0.3) is 5.69 Å². The number of anilines is 1. The second kappa shape index (κ2) is 5.88. The number of nitro groups is 1. The van der Waals surface area contributed by atoms with Crippen molar-refractivity contribution >= 4 is 34.0 Å². The number of nitrogens with zero attached hydrogens (tertiary/aromatic N) is 2. The molecule has 100 valence electrons. The first-order valence-electron chi connectivity index (χ1n) is 5.91. The van der Waals surface area contributed by atoms with Crippen molar-refractivity contribution in [1.82, 2.24) is 4.98 Å². The first-order chi connectivity index (χ1) is 9.13. The summed E-state index contributed by atoms with van der Waals surface area (Å²) in [4.78, 5) is 14.9. The SMILES string of the molecule is CSCC(C)Nc1ccc([N+](=O)[O-])c2cccnc12. The molecule has 0 saturated heterocycles. The number of hydrogen-bond donors (Lipinski definition) is 1. The van der Waals surface area contributed by atoms with Crippen molar-refractivity contribution in [3.05, 3.63) is 40.6 Å². The summed E-state index contributed by atoms with van der Waals surface area (Å²) in [7, 11) is 0. The van der Waals surface area contributed by atoms with E-state index in [2.05, 4.69) is 17.2 Å². The molecule has 0 bridgehead atoms. The zero-order valence-corrected chi connectivity index (χ0v) is 11.6. The minimum atomic E-state index is -0.376. The second-order valence-electron chi connectivity index (χ2n) is 4.29. The van der Waals surface area contributed by atoms with Gasteiger partial charge < -0.3 is 5.32 Å². The van der Waals surface area contributed by atoms with Crippen LogP contribution in [0.5, 0.6) is 0 Å². The molecule has 5 nitrogen and oxygen atoms in total. The smallest absolute Gasteiger partial charge is 0.278 e. The van der Waals surface area contributed by atoms with Crippen LogP contribution < -0.4 is 5.32 Å². The molecule has 0 amide bonds. The van der Waals surface area contributed by atoms with E-state index < -0.39 is 0 Å². The molecule has 1 atom stereocenters. The highest BCUT2D eigenvalue weighted by molar-refractivity contribution is 7.98. The number of hydrogen-bond acceptors (Lipinski definition) is 5. The summed E-state index contributed by atoms with van der Waals surface area (Å²) < 4.78 is 0. The van der Waals surface area contributed by atoms with Crippen LogP contribution in [0.4, 0.5) is 11.4 Å². The summed E-state index contributed by atoms with van der Waals surface area (Å²) >= 11 is 1.75. The molecule has 0 radical (unpaired) electrons. The van der Waals surface area contributed by atoms with Gasteiger partial charge in [-0.25, -0.2) is 0 Å². The third-order valence-electron chi connectivity index (χ3n) is 2.76. The number of nitrogens with one attached hydrogen (secondary N) is 1. The molecule has 1 aromatic carbocycles. The number of non-ortho nitro benzene ring substituents is 1. The highest BCUT2D eigenvalue weighted by Gasteiger charge is 2.15. The van der Waals surface area contributed by atoms with E-state index in [1.165, 1.54) is 6.07 Å². The maximum Gasteiger partial charge on any atom is 0.278 e. The highest BCUT2D eigenvalue weighted by atomic mass is 32.2. The molecule has 0 aliphatic rings. The van der Waals surface area contributed by atoms with Crippen molar-refractivity contribution in [1.29, 1.82) is 0 Å². The monoisotopic (exact) mass is 277 g/mol. The fraction of sp³-hybridized carbons (Fsp3) is 0.308. The molecule has 1 aromatic heterocycles. The van der Waals surface area contributed by atoms with Crippen molar-refractivity contribution in [3.8, 4) is 0 Å². The third-order valence-corrected chi connectivity index (χ3v) is 3.60. The van der Waals surface area contributed by atoms with E-state index in [-0.39, 0.29) is 16.7 Å². The van der Waals surface area contributed by atoms with Crippen LogP contribution >= 0.6 is 11.8 Å². The zero-order valence-electron chi connectivity index (χ0n) is 10.8. The van der Waals surface area contributed by atoms with Crippen LogP contribution in [0.15, 0.2) is 30.5 Å². The van der Waals surface area contributed by atoms with Crippen molar-refractivity contribution < 1.29 is 4.92 Å². The summed E-state index contributed by atoms with van der Waals surface area (Å²) in [6, 6.07) is 6.97. The molecule has 6 heteroatoms. The minimum absolute atomic E-state index is 0.0890. The van der Waals surface area contributed by atoms with Gasteiger partial charge in [0.05, 0.1) is 16.0 Å². The van der Waals surface area contributed by atoms with Crippen molar-refractivity contribution in [2.75, 3.05) is 17.3 Å². The van der Waals surface area contributed by atoms with Crippen LogP contribution in [-0.2, 0) is 0 Å². The second-order valence-corrected chi connectivity index (χ2v) is 5.20. The van der Waals surface area contributed by atoms with Crippen molar-refractivity contribution in [2.24, 2.45) is 0 Å². The van der Waals surface area contributed by atoms with Crippen LogP contribution in [0.25, 0.3) is 10.9 Å². The van der Waals surface area contributed by atoms with Crippen LogP contribution in [0.1, 0.15) is 6.92 Å². The van der Waals surface area contributed by atoms with Gasteiger partial charge in [0, 0.05) is 24.1 Å². The van der Waals surface area contributed by atoms with E-state index in [0.717, 1.165) is 11.4 Å². The number of pyridine rings is 1. The Balaban J connectivity index is 2.46. The van der Waals surface area contributed by atoms with Crippen LogP contribution in [0.2, 0.25) is 0 Å². The standard InChI is InChI=1S/C13H15N3O2S/c1-9(8-19-2)15-11-5-6-12(16(17)18)10-4-3-7-14-13(10)11/h3-7,9,15H,8H2,1-2H3. The molecule has 2 rings (SSSR count). The lowest BCUT2D eigenvalue weighted by Crippen LogP contribution is -2.18. The molecule has 19 heavy (non-hydrogen) atoms. The Kier molecular flexibility index (Phi) is 4.21. The summed E-state index contributed by atoms with van der Waals surface area (Å²) in [5.74, 6) is 0.964. The lowest BCUT2D eigenvalue weighted by molar-refractivity contribution is -0.383. The topological polar surface area (TPSA) is 68.1 Å². The molecule has 1 heterocycles. The number of rotatable bonds is 5. The van der Waals surface area contributed by atoms with E-state index in [1.807, 2.05) is 6.26 Å². The molecule has 1 unspecified atom stereocenters. The van der Waals surface area contributed by atoms with Gasteiger partial charge in [0.15, 0.2) is 0 Å². The predicted molar refractivity (Wildman–Crippen MR) is 79.9 cm³/mol. The molecule has 0 saturated carbocycles. The Labute approximate surface area is 115 Å². The quantitative estimate of drug-likeness (QED) is 0.670. The summed E-state index contributed by atoms with van der Waals surface area (Å²) in [5, 5.41) is 14.9. The van der Waals surface area contributed by atoms with Crippen LogP contribution in [0, 0.1) is 10.1 Å². The lowest BCUT2D eigenvalue weighted by Gasteiger charge is -2.15. The van der Waals surface area contributed by atoms with Crippen LogP contribution in [0.3, 0.4) is 0 Å². The molecule has 0 aliphatic carbocycles. The van der Waals surface area contributed by atoms with E-state index >= 15 is 0 Å². The van der Waals surface area contributed by atoms with Crippen molar-refractivity contribution in [2.45, 2.75) is 13.0 Å². The van der Waals surface area contributed by atoms with Gasteiger partial charge in [-0.3, -0.25) is 15.1 Å². The number of aromatic nitrogens is 1. The fourth-order valence-corrected chi connectivity index (χ4v) is 2.57. The number of benzene rings is 1. The molecular weight excluding hydrogens is 262 g/mol. The van der Waals surface area contributed by atoms with E-state index in [1.54, 1.807) is 36.2 Å². The lowest BCUT2D eigenvalue weighted by atomic mass is 10.1. The van der Waals surface area contributed by atoms with E-state index in [9.17, 15) is 10.1 Å². The average molecular weight is 277 g/mol. The van der Waals surface area contributed by atoms with Gasteiger partial charge >= 0.3 is 0 Å². The van der Waals surface area contributed by atoms with E-state index in [4.69, 9.17) is 0 Å². The number of nitro benzene ring substituents is 1. The Hall–Kier alpha value is -1.82. The summed E-state index contributed by atoms with van der Waals surface area (Å²) in [6.45, 7) is 2.08. The van der Waals surface area contributed by atoms with E-state index in [0.29, 0.717) is 10.9 Å². The normalized spacial score (nSPS) is 12.3. The van der Waals surface area contributed by atoms with Gasteiger partial charge in [0.1, 0.15) is 5.52 Å². The summed E-state index contributed by atoms with van der Waals surface area (Å²) in [5.41, 5.74) is 1.57. The van der Waals surface area contributed by atoms with Gasteiger partial charge in [-0.15, -0.1) is 0 Å². The van der Waals surface area contributed by atoms with Gasteiger partial charge in [-0.2, -0.15) is 11.8 Å². The largest absolute Gasteiger partial charge is 0.380 e. The van der Waals surface area contributed by atoms with Gasteiger partial charge in [-0.05, 0) is 31.4 Å². The zero-order chi connectivity index (χ0) is 13.8. The first kappa shape index (κ1) is 13.6. The maximum absolute atomic E-state index is 11.0. The summed E-state index contributed by atoms with van der Waals surface area (Å²) in [6.07, 6.45) is 3.70. The maximum atomic E-state index is 11.0. The molecular formula is C13H15N3O2S. The molecule has 1 N–H and O–H groups in total. The number of fused-ring (bicyclic) bond motifs is 1. The first-order valence-corrected chi connectivity index (χ1v) is 7.30. The fourth-order valence-electron chi connectivity index (χ4n) is 1.99. The van der Waals surface area contributed by atoms with Crippen LogP contribution in [-0.4, -0.2) is 28.0 Å². The molecule has 0 aliphatic heterocycles. The Morgan fingerprint density at radius 3 is 2.95 bits per heavy atom. The highest BCUT2D eigenvalue weighted by Crippen LogP contribution is 2.30. The average Bonchev–Trinajstić information content (AvgIpc) is 2.39. The minimum Gasteiger partial charge on any atom is -0.380 e. The van der Waals surface area contributed by atoms with Crippen molar-refractivity contribution in [3.63, 3.8) is 0 Å². The Morgan fingerprint density at radius 1 is 1.47 bits per heavy atom. The third kappa shape index (κ3) is 2.96. The van der Waals surface area contributed by atoms with Gasteiger partial charge in [-0.1, -0.05) is 0 Å². The predicted octanol–water partition coefficient (Wildman–Crippen LogP) is 3.31. The molecule has 0 spiro atoms.